The van der Waals surface area contributed by atoms with Crippen LogP contribution in [0.25, 0.3) is 0 Å². The number of carbonyl (C=O) groups excluding carboxylic acids is 1. The van der Waals surface area contributed by atoms with Gasteiger partial charge in [-0.25, -0.2) is 12.8 Å². The number of halogens is 1. The first-order valence-corrected chi connectivity index (χ1v) is 10.2. The van der Waals surface area contributed by atoms with E-state index in [1.807, 2.05) is 0 Å². The van der Waals surface area contributed by atoms with E-state index in [4.69, 9.17) is 0 Å². The lowest BCUT2D eigenvalue weighted by Crippen LogP contribution is -2.37. The number of nitrogens with one attached hydrogen (secondary N) is 3. The molecule has 8 heteroatoms. The molecule has 6 nitrogen and oxygen atoms in total. The first kappa shape index (κ1) is 19.3. The summed E-state index contributed by atoms with van der Waals surface area (Å²) in [7, 11) is -3.95. The maximum Gasteiger partial charge on any atom is 0.261 e. The maximum absolute atomic E-state index is 13.7. The van der Waals surface area contributed by atoms with Crippen LogP contribution in [0.3, 0.4) is 0 Å². The summed E-state index contributed by atoms with van der Waals surface area (Å²) in [4.78, 5) is 12.1. The molecule has 0 aliphatic carbocycles. The van der Waals surface area contributed by atoms with Gasteiger partial charge in [0.25, 0.3) is 15.9 Å². The van der Waals surface area contributed by atoms with Crippen molar-refractivity contribution < 1.29 is 17.6 Å². The Hall–Kier alpha value is -2.45. The Kier molecular flexibility index (Phi) is 5.76. The van der Waals surface area contributed by atoms with Gasteiger partial charge in [0.2, 0.25) is 0 Å². The van der Waals surface area contributed by atoms with E-state index >= 15 is 0 Å². The Balaban J connectivity index is 1.70. The van der Waals surface area contributed by atoms with Crippen LogP contribution in [-0.2, 0) is 10.0 Å². The van der Waals surface area contributed by atoms with Crippen molar-refractivity contribution in [1.29, 1.82) is 0 Å². The van der Waals surface area contributed by atoms with Crippen molar-refractivity contribution in [3.05, 3.63) is 59.4 Å². The molecule has 2 aromatic rings. The zero-order valence-corrected chi connectivity index (χ0v) is 15.8. The SMILES string of the molecule is Cc1ccc(S(=O)(=O)Nc2cccc(C(=O)NCC3CCCN3)c2)cc1F. The number of rotatable bonds is 6. The molecule has 1 unspecified atom stereocenters. The Morgan fingerprint density at radius 3 is 2.78 bits per heavy atom. The van der Waals surface area contributed by atoms with E-state index in [1.165, 1.54) is 24.3 Å². The summed E-state index contributed by atoms with van der Waals surface area (Å²) in [6.07, 6.45) is 2.12. The molecule has 1 aliphatic heterocycles. The Morgan fingerprint density at radius 1 is 1.26 bits per heavy atom. The fourth-order valence-electron chi connectivity index (χ4n) is 2.93. The molecular formula is C19H22FN3O3S. The molecule has 1 amide bonds. The predicted octanol–water partition coefficient (Wildman–Crippen LogP) is 2.42. The molecule has 144 valence electrons. The minimum atomic E-state index is -3.95. The predicted molar refractivity (Wildman–Crippen MR) is 102 cm³/mol. The van der Waals surface area contributed by atoms with E-state index in [-0.39, 0.29) is 22.5 Å². The number of amides is 1. The average Bonchev–Trinajstić information content (AvgIpc) is 3.15. The number of benzene rings is 2. The number of hydrogen-bond donors (Lipinski definition) is 3. The fourth-order valence-corrected chi connectivity index (χ4v) is 3.99. The summed E-state index contributed by atoms with van der Waals surface area (Å²) >= 11 is 0. The molecule has 0 aromatic heterocycles. The van der Waals surface area contributed by atoms with E-state index in [2.05, 4.69) is 15.4 Å². The van der Waals surface area contributed by atoms with Gasteiger partial charge in [-0.05, 0) is 62.2 Å². The average molecular weight is 391 g/mol. The van der Waals surface area contributed by atoms with Crippen LogP contribution in [-0.4, -0.2) is 33.5 Å². The minimum Gasteiger partial charge on any atom is -0.350 e. The molecule has 0 spiro atoms. The summed E-state index contributed by atoms with van der Waals surface area (Å²) in [6.45, 7) is 3.04. The normalized spacial score (nSPS) is 16.9. The van der Waals surface area contributed by atoms with Crippen molar-refractivity contribution >= 4 is 21.6 Å². The van der Waals surface area contributed by atoms with Crippen LogP contribution in [0.2, 0.25) is 0 Å². The first-order chi connectivity index (χ1) is 12.8. The second-order valence-electron chi connectivity index (χ2n) is 6.60. The molecule has 2 aromatic carbocycles. The van der Waals surface area contributed by atoms with E-state index in [0.717, 1.165) is 25.5 Å². The summed E-state index contributed by atoms with van der Waals surface area (Å²) in [5.74, 6) is -0.863. The molecule has 1 fully saturated rings. The summed E-state index contributed by atoms with van der Waals surface area (Å²) in [5.41, 5.74) is 0.954. The Morgan fingerprint density at radius 2 is 2.07 bits per heavy atom. The van der Waals surface area contributed by atoms with Crippen molar-refractivity contribution in [2.75, 3.05) is 17.8 Å². The van der Waals surface area contributed by atoms with Gasteiger partial charge in [0.15, 0.2) is 0 Å². The summed E-state index contributed by atoms with van der Waals surface area (Å²) < 4.78 is 41.0. The lowest BCUT2D eigenvalue weighted by atomic mass is 10.2. The van der Waals surface area contributed by atoms with Gasteiger partial charge in [0.05, 0.1) is 4.90 Å². The van der Waals surface area contributed by atoms with Crippen LogP contribution in [0.5, 0.6) is 0 Å². The highest BCUT2D eigenvalue weighted by Gasteiger charge is 2.18. The lowest BCUT2D eigenvalue weighted by molar-refractivity contribution is 0.0950. The largest absolute Gasteiger partial charge is 0.350 e. The van der Waals surface area contributed by atoms with Gasteiger partial charge >= 0.3 is 0 Å². The van der Waals surface area contributed by atoms with Gasteiger partial charge in [-0.15, -0.1) is 0 Å². The van der Waals surface area contributed by atoms with Crippen LogP contribution in [0.15, 0.2) is 47.4 Å². The van der Waals surface area contributed by atoms with Crippen molar-refractivity contribution in [2.45, 2.75) is 30.7 Å². The lowest BCUT2D eigenvalue weighted by Gasteiger charge is -2.13. The molecule has 1 saturated heterocycles. The maximum atomic E-state index is 13.7. The highest BCUT2D eigenvalue weighted by molar-refractivity contribution is 7.92. The standard InChI is InChI=1S/C19H22FN3O3S/c1-13-7-8-17(11-18(13)20)27(25,26)23-15-5-2-4-14(10-15)19(24)22-12-16-6-3-9-21-16/h2,4-5,7-8,10-11,16,21,23H,3,6,9,12H2,1H3,(H,22,24). The molecule has 3 rings (SSSR count). The smallest absolute Gasteiger partial charge is 0.261 e. The van der Waals surface area contributed by atoms with Crippen LogP contribution < -0.4 is 15.4 Å². The highest BCUT2D eigenvalue weighted by atomic mass is 32.2. The zero-order valence-electron chi connectivity index (χ0n) is 15.0. The van der Waals surface area contributed by atoms with Gasteiger partial charge in [-0.2, -0.15) is 0 Å². The molecule has 0 saturated carbocycles. The number of aryl methyl sites for hydroxylation is 1. The van der Waals surface area contributed by atoms with E-state index in [0.29, 0.717) is 17.7 Å². The van der Waals surface area contributed by atoms with E-state index in [1.54, 1.807) is 19.1 Å². The van der Waals surface area contributed by atoms with E-state index < -0.39 is 15.8 Å². The number of hydrogen-bond acceptors (Lipinski definition) is 4. The molecule has 27 heavy (non-hydrogen) atoms. The summed E-state index contributed by atoms with van der Waals surface area (Å²) in [5, 5.41) is 6.14. The Bertz CT molecular complexity index is 941. The molecule has 0 bridgehead atoms. The third-order valence-corrected chi connectivity index (χ3v) is 5.88. The van der Waals surface area contributed by atoms with Gasteiger partial charge in [-0.3, -0.25) is 9.52 Å². The van der Waals surface area contributed by atoms with Crippen molar-refractivity contribution in [1.82, 2.24) is 10.6 Å². The number of sulfonamides is 1. The van der Waals surface area contributed by atoms with Crippen LogP contribution in [0, 0.1) is 12.7 Å². The molecule has 3 N–H and O–H groups in total. The van der Waals surface area contributed by atoms with E-state index in [9.17, 15) is 17.6 Å². The number of anilines is 1. The van der Waals surface area contributed by atoms with Crippen molar-refractivity contribution in [3.63, 3.8) is 0 Å². The van der Waals surface area contributed by atoms with Gasteiger partial charge in [-0.1, -0.05) is 12.1 Å². The van der Waals surface area contributed by atoms with Gasteiger partial charge in [0, 0.05) is 23.8 Å². The zero-order chi connectivity index (χ0) is 19.4. The van der Waals surface area contributed by atoms with Crippen LogP contribution in [0.1, 0.15) is 28.8 Å². The second-order valence-corrected chi connectivity index (χ2v) is 8.28. The Labute approximate surface area is 158 Å². The minimum absolute atomic E-state index is 0.173. The first-order valence-electron chi connectivity index (χ1n) is 8.76. The van der Waals surface area contributed by atoms with Crippen molar-refractivity contribution in [3.8, 4) is 0 Å². The summed E-state index contributed by atoms with van der Waals surface area (Å²) in [6, 6.07) is 10.2. The third kappa shape index (κ3) is 4.84. The molecule has 1 heterocycles. The molecule has 1 atom stereocenters. The fraction of sp³-hybridized carbons (Fsp3) is 0.316. The van der Waals surface area contributed by atoms with Gasteiger partial charge in [0.1, 0.15) is 5.82 Å². The van der Waals surface area contributed by atoms with Crippen LogP contribution >= 0.6 is 0 Å². The molecular weight excluding hydrogens is 369 g/mol. The van der Waals surface area contributed by atoms with Crippen LogP contribution in [0.4, 0.5) is 10.1 Å². The van der Waals surface area contributed by atoms with Gasteiger partial charge < -0.3 is 10.6 Å². The molecule has 1 aliphatic rings. The number of carbonyl (C=O) groups is 1. The monoisotopic (exact) mass is 391 g/mol. The topological polar surface area (TPSA) is 87.3 Å². The quantitative estimate of drug-likeness (QED) is 0.706. The molecule has 0 radical (unpaired) electrons. The second kappa shape index (κ2) is 8.06. The van der Waals surface area contributed by atoms with Crippen molar-refractivity contribution in [2.24, 2.45) is 0 Å². The highest BCUT2D eigenvalue weighted by Crippen LogP contribution is 2.19. The third-order valence-electron chi connectivity index (χ3n) is 4.50.